The van der Waals surface area contributed by atoms with E-state index in [0.717, 1.165) is 42.2 Å². The van der Waals surface area contributed by atoms with Gasteiger partial charge in [-0.05, 0) is 31.0 Å². The topological polar surface area (TPSA) is 67.1 Å². The van der Waals surface area contributed by atoms with Crippen LogP contribution >= 0.6 is 15.9 Å². The van der Waals surface area contributed by atoms with E-state index in [-0.39, 0.29) is 0 Å². The van der Waals surface area contributed by atoms with E-state index in [4.69, 9.17) is 4.99 Å². The first-order valence-electron chi connectivity index (χ1n) is 8.78. The Morgan fingerprint density at radius 2 is 2.04 bits per heavy atom. The van der Waals surface area contributed by atoms with E-state index in [9.17, 15) is 0 Å². The highest BCUT2D eigenvalue weighted by Gasteiger charge is 2.05. The SMILES string of the molecule is CCc1nncn1CCNC(=NCc1ccc(Br)cc1)NC(C)CC. The van der Waals surface area contributed by atoms with Crippen molar-refractivity contribution in [3.05, 3.63) is 46.5 Å². The second-order valence-corrected chi connectivity index (χ2v) is 6.88. The molecule has 0 amide bonds. The molecule has 1 atom stereocenters. The van der Waals surface area contributed by atoms with Crippen LogP contribution in [0.25, 0.3) is 0 Å². The second-order valence-electron chi connectivity index (χ2n) is 5.97. The van der Waals surface area contributed by atoms with Crippen molar-refractivity contribution in [1.29, 1.82) is 0 Å². The number of nitrogens with zero attached hydrogens (tertiary/aromatic N) is 4. The standard InChI is InChI=1S/C18H27BrN6/c1-4-14(3)23-18(21-12-15-6-8-16(19)9-7-15)20-10-11-25-13-22-24-17(25)5-2/h6-9,13-14H,4-5,10-12H2,1-3H3,(H2,20,21,23). The minimum Gasteiger partial charge on any atom is -0.355 e. The first kappa shape index (κ1) is 19.4. The summed E-state index contributed by atoms with van der Waals surface area (Å²) in [6.07, 6.45) is 3.71. The molecule has 6 nitrogen and oxygen atoms in total. The van der Waals surface area contributed by atoms with Crippen molar-refractivity contribution in [1.82, 2.24) is 25.4 Å². The smallest absolute Gasteiger partial charge is 0.191 e. The lowest BCUT2D eigenvalue weighted by Gasteiger charge is -2.17. The summed E-state index contributed by atoms with van der Waals surface area (Å²) in [5.41, 5.74) is 1.18. The summed E-state index contributed by atoms with van der Waals surface area (Å²) in [6.45, 7) is 8.64. The average Bonchev–Trinajstić information content (AvgIpc) is 3.08. The van der Waals surface area contributed by atoms with Gasteiger partial charge in [-0.2, -0.15) is 0 Å². The van der Waals surface area contributed by atoms with E-state index in [1.54, 1.807) is 6.33 Å². The summed E-state index contributed by atoms with van der Waals surface area (Å²) in [4.78, 5) is 4.71. The number of nitrogens with one attached hydrogen (secondary N) is 2. The third-order valence-corrected chi connectivity index (χ3v) is 4.51. The molecule has 0 bridgehead atoms. The fourth-order valence-corrected chi connectivity index (χ4v) is 2.55. The van der Waals surface area contributed by atoms with E-state index in [1.165, 1.54) is 5.56 Å². The minimum atomic E-state index is 0.372. The maximum atomic E-state index is 4.71. The van der Waals surface area contributed by atoms with E-state index in [0.29, 0.717) is 12.6 Å². The van der Waals surface area contributed by atoms with Crippen LogP contribution in [0.5, 0.6) is 0 Å². The lowest BCUT2D eigenvalue weighted by atomic mass is 10.2. The molecule has 2 aromatic rings. The van der Waals surface area contributed by atoms with Crippen LogP contribution in [0.1, 0.15) is 38.6 Å². The van der Waals surface area contributed by atoms with Gasteiger partial charge in [0.2, 0.25) is 0 Å². The third kappa shape index (κ3) is 6.49. The Kier molecular flexibility index (Phi) is 7.91. The average molecular weight is 407 g/mol. The number of hydrogen-bond acceptors (Lipinski definition) is 3. The molecule has 0 saturated heterocycles. The van der Waals surface area contributed by atoms with Crippen LogP contribution in [0.3, 0.4) is 0 Å². The number of guanidine groups is 1. The molecule has 7 heteroatoms. The molecular weight excluding hydrogens is 380 g/mol. The summed E-state index contributed by atoms with van der Waals surface area (Å²) in [7, 11) is 0. The van der Waals surface area contributed by atoms with Crippen molar-refractivity contribution in [2.45, 2.75) is 52.7 Å². The molecule has 2 rings (SSSR count). The van der Waals surface area contributed by atoms with E-state index in [2.05, 4.69) is 74.2 Å². The van der Waals surface area contributed by atoms with Crippen molar-refractivity contribution < 1.29 is 0 Å². The van der Waals surface area contributed by atoms with Gasteiger partial charge >= 0.3 is 0 Å². The molecular formula is C18H27BrN6. The molecule has 0 spiro atoms. The van der Waals surface area contributed by atoms with Crippen molar-refractivity contribution >= 4 is 21.9 Å². The summed E-state index contributed by atoms with van der Waals surface area (Å²) >= 11 is 3.46. The Bertz CT molecular complexity index is 664. The number of aliphatic imine (C=N–C) groups is 1. The van der Waals surface area contributed by atoms with E-state index >= 15 is 0 Å². The highest BCUT2D eigenvalue weighted by atomic mass is 79.9. The molecule has 0 aliphatic heterocycles. The van der Waals surface area contributed by atoms with Crippen LogP contribution < -0.4 is 10.6 Å². The predicted molar refractivity (Wildman–Crippen MR) is 106 cm³/mol. The molecule has 136 valence electrons. The Morgan fingerprint density at radius 1 is 1.28 bits per heavy atom. The molecule has 25 heavy (non-hydrogen) atoms. The van der Waals surface area contributed by atoms with Crippen LogP contribution in [0.4, 0.5) is 0 Å². The van der Waals surface area contributed by atoms with Gasteiger partial charge in [-0.25, -0.2) is 4.99 Å². The van der Waals surface area contributed by atoms with Gasteiger partial charge in [0.1, 0.15) is 12.2 Å². The van der Waals surface area contributed by atoms with Crippen molar-refractivity contribution in [2.75, 3.05) is 6.54 Å². The molecule has 1 unspecified atom stereocenters. The number of aromatic nitrogens is 3. The molecule has 1 heterocycles. The summed E-state index contributed by atoms with van der Waals surface area (Å²) in [5.74, 6) is 1.84. The van der Waals surface area contributed by atoms with Gasteiger partial charge in [-0.15, -0.1) is 10.2 Å². The van der Waals surface area contributed by atoms with Crippen LogP contribution in [0.15, 0.2) is 40.1 Å². The predicted octanol–water partition coefficient (Wildman–Crippen LogP) is 3.14. The highest BCUT2D eigenvalue weighted by Crippen LogP contribution is 2.11. The second kappa shape index (κ2) is 10.2. The first-order valence-corrected chi connectivity index (χ1v) is 9.57. The molecule has 0 aliphatic carbocycles. The number of rotatable bonds is 8. The molecule has 0 saturated carbocycles. The van der Waals surface area contributed by atoms with E-state index in [1.807, 2.05) is 12.1 Å². The van der Waals surface area contributed by atoms with Gasteiger partial charge in [-0.3, -0.25) is 0 Å². The van der Waals surface area contributed by atoms with Gasteiger partial charge < -0.3 is 15.2 Å². The Hall–Kier alpha value is -1.89. The zero-order valence-corrected chi connectivity index (χ0v) is 16.8. The number of halogens is 1. The summed E-state index contributed by atoms with van der Waals surface area (Å²) < 4.78 is 3.15. The van der Waals surface area contributed by atoms with Gasteiger partial charge in [0.25, 0.3) is 0 Å². The van der Waals surface area contributed by atoms with Crippen molar-refractivity contribution in [3.63, 3.8) is 0 Å². The summed E-state index contributed by atoms with van der Waals surface area (Å²) in [5, 5.41) is 14.9. The van der Waals surface area contributed by atoms with Crippen LogP contribution in [-0.2, 0) is 19.5 Å². The third-order valence-electron chi connectivity index (χ3n) is 3.99. The Balaban J connectivity index is 1.94. The summed E-state index contributed by atoms with van der Waals surface area (Å²) in [6, 6.07) is 8.62. The quantitative estimate of drug-likeness (QED) is 0.521. The monoisotopic (exact) mass is 406 g/mol. The maximum absolute atomic E-state index is 4.71. The fourth-order valence-electron chi connectivity index (χ4n) is 2.28. The zero-order chi connectivity index (χ0) is 18.1. The highest BCUT2D eigenvalue weighted by molar-refractivity contribution is 9.10. The lowest BCUT2D eigenvalue weighted by molar-refractivity contribution is 0.599. The van der Waals surface area contributed by atoms with Crippen molar-refractivity contribution in [3.8, 4) is 0 Å². The molecule has 0 radical (unpaired) electrons. The Morgan fingerprint density at radius 3 is 2.72 bits per heavy atom. The Labute approximate surface area is 158 Å². The van der Waals surface area contributed by atoms with Crippen LogP contribution in [-0.4, -0.2) is 33.3 Å². The normalized spacial score (nSPS) is 12.9. The fraction of sp³-hybridized carbons (Fsp3) is 0.500. The molecule has 2 N–H and O–H groups in total. The molecule has 0 aliphatic rings. The molecule has 1 aromatic heterocycles. The van der Waals surface area contributed by atoms with Crippen LogP contribution in [0.2, 0.25) is 0 Å². The maximum Gasteiger partial charge on any atom is 0.191 e. The van der Waals surface area contributed by atoms with Crippen LogP contribution in [0, 0.1) is 0 Å². The van der Waals surface area contributed by atoms with Crippen molar-refractivity contribution in [2.24, 2.45) is 4.99 Å². The van der Waals surface area contributed by atoms with Gasteiger partial charge in [0, 0.05) is 30.0 Å². The lowest BCUT2D eigenvalue weighted by Crippen LogP contribution is -2.43. The van der Waals surface area contributed by atoms with Gasteiger partial charge in [-0.1, -0.05) is 41.9 Å². The minimum absolute atomic E-state index is 0.372. The van der Waals surface area contributed by atoms with E-state index < -0.39 is 0 Å². The van der Waals surface area contributed by atoms with Gasteiger partial charge in [0.15, 0.2) is 5.96 Å². The first-order chi connectivity index (χ1) is 12.1. The molecule has 1 aromatic carbocycles. The largest absolute Gasteiger partial charge is 0.355 e. The zero-order valence-electron chi connectivity index (χ0n) is 15.2. The number of aryl methyl sites for hydroxylation is 1. The van der Waals surface area contributed by atoms with Gasteiger partial charge in [0.05, 0.1) is 6.54 Å². The number of hydrogen-bond donors (Lipinski definition) is 2. The number of benzene rings is 1. The molecule has 0 fully saturated rings.